The first kappa shape index (κ1) is 26.4. The summed E-state index contributed by atoms with van der Waals surface area (Å²) in [6.45, 7) is 1.86. The first-order valence-corrected chi connectivity index (χ1v) is 12.4. The number of hydrogen-bond acceptors (Lipinski definition) is 8. The van der Waals surface area contributed by atoms with Crippen LogP contribution in [0.1, 0.15) is 11.3 Å². The van der Waals surface area contributed by atoms with E-state index in [-0.39, 0.29) is 35.0 Å². The molecule has 1 N–H and O–H groups in total. The summed E-state index contributed by atoms with van der Waals surface area (Å²) >= 11 is 0. The zero-order valence-electron chi connectivity index (χ0n) is 21.2. The summed E-state index contributed by atoms with van der Waals surface area (Å²) in [5, 5.41) is 32.5. The van der Waals surface area contributed by atoms with E-state index in [2.05, 4.69) is 15.8 Å². The second-order valence-electron chi connectivity index (χ2n) is 9.31. The van der Waals surface area contributed by atoms with Gasteiger partial charge in [-0.05, 0) is 29.8 Å². The standard InChI is InChI=1S/C29H23FN6O4/c1-2-12-35-24-11-10-22(17-31)32-25(24)26(27(29(35)38)36(39)40)34-15-13-33(14-16-34)18-20-4-3-5-23(28(20)37)19-6-8-21(30)9-7-19/h1,3-11,37H,12-16,18H2. The Kier molecular flexibility index (Phi) is 7.15. The number of piperazine rings is 1. The highest BCUT2D eigenvalue weighted by atomic mass is 19.1. The molecule has 0 atom stereocenters. The molecule has 0 unspecified atom stereocenters. The normalized spacial score (nSPS) is 13.6. The molecule has 0 radical (unpaired) electrons. The van der Waals surface area contributed by atoms with Crippen LogP contribution in [0.25, 0.3) is 22.2 Å². The number of phenols is 1. The second kappa shape index (κ2) is 10.8. The molecule has 40 heavy (non-hydrogen) atoms. The molecule has 4 aromatic rings. The van der Waals surface area contributed by atoms with Gasteiger partial charge in [0.1, 0.15) is 28.8 Å². The molecule has 5 rings (SSSR count). The lowest BCUT2D eigenvalue weighted by Gasteiger charge is -2.36. The van der Waals surface area contributed by atoms with Gasteiger partial charge in [-0.2, -0.15) is 5.26 Å². The maximum absolute atomic E-state index is 13.4. The average molecular weight is 539 g/mol. The van der Waals surface area contributed by atoms with Gasteiger partial charge in [0.05, 0.1) is 17.0 Å². The van der Waals surface area contributed by atoms with E-state index in [1.165, 1.54) is 24.3 Å². The monoisotopic (exact) mass is 538 g/mol. The fraction of sp³-hybridized carbons (Fsp3) is 0.207. The van der Waals surface area contributed by atoms with Crippen molar-refractivity contribution in [3.63, 3.8) is 0 Å². The molecule has 2 aromatic heterocycles. The van der Waals surface area contributed by atoms with Gasteiger partial charge in [0.15, 0.2) is 5.69 Å². The molecule has 1 aliphatic rings. The van der Waals surface area contributed by atoms with E-state index in [0.29, 0.717) is 54.9 Å². The molecule has 3 heterocycles. The minimum atomic E-state index is -0.832. The van der Waals surface area contributed by atoms with Crippen molar-refractivity contribution in [1.29, 1.82) is 5.26 Å². The fourth-order valence-electron chi connectivity index (χ4n) is 5.02. The number of aromatic hydroxyl groups is 1. The van der Waals surface area contributed by atoms with Crippen LogP contribution in [0.4, 0.5) is 15.8 Å². The highest BCUT2D eigenvalue weighted by molar-refractivity contribution is 5.94. The van der Waals surface area contributed by atoms with Crippen molar-refractivity contribution in [2.45, 2.75) is 13.1 Å². The number of anilines is 1. The van der Waals surface area contributed by atoms with Crippen LogP contribution < -0.4 is 10.5 Å². The molecule has 10 nitrogen and oxygen atoms in total. The molecule has 0 amide bonds. The third-order valence-corrected chi connectivity index (χ3v) is 6.96. The molecule has 0 bridgehead atoms. The number of nitriles is 1. The Morgan fingerprint density at radius 2 is 1.82 bits per heavy atom. The van der Waals surface area contributed by atoms with Gasteiger partial charge in [-0.15, -0.1) is 6.42 Å². The topological polar surface area (TPSA) is 129 Å². The molecule has 200 valence electrons. The van der Waals surface area contributed by atoms with E-state index in [4.69, 9.17) is 6.42 Å². The maximum Gasteiger partial charge on any atom is 0.359 e. The van der Waals surface area contributed by atoms with Crippen molar-refractivity contribution in [2.75, 3.05) is 31.1 Å². The highest BCUT2D eigenvalue weighted by Crippen LogP contribution is 2.35. The van der Waals surface area contributed by atoms with Crippen molar-refractivity contribution < 1.29 is 14.4 Å². The summed E-state index contributed by atoms with van der Waals surface area (Å²) in [6, 6.07) is 16.2. The number of halogens is 1. The van der Waals surface area contributed by atoms with E-state index < -0.39 is 16.2 Å². The Bertz CT molecular complexity index is 1760. The summed E-state index contributed by atoms with van der Waals surface area (Å²) in [6.07, 6.45) is 5.42. The number of fused-ring (bicyclic) bond motifs is 1. The summed E-state index contributed by atoms with van der Waals surface area (Å²) in [4.78, 5) is 32.7. The van der Waals surface area contributed by atoms with Crippen molar-refractivity contribution in [1.82, 2.24) is 14.5 Å². The Hall–Kier alpha value is -5.26. The molecule has 2 aromatic carbocycles. The van der Waals surface area contributed by atoms with Crippen LogP contribution in [0.5, 0.6) is 5.75 Å². The van der Waals surface area contributed by atoms with Crippen molar-refractivity contribution in [3.05, 3.63) is 92.1 Å². The Balaban J connectivity index is 1.45. The molecule has 1 aliphatic heterocycles. The first-order chi connectivity index (χ1) is 19.3. The smallest absolute Gasteiger partial charge is 0.359 e. The predicted molar refractivity (Wildman–Crippen MR) is 147 cm³/mol. The van der Waals surface area contributed by atoms with E-state index in [0.717, 1.165) is 4.57 Å². The fourth-order valence-corrected chi connectivity index (χ4v) is 5.02. The zero-order chi connectivity index (χ0) is 28.4. The summed E-state index contributed by atoms with van der Waals surface area (Å²) in [5.74, 6) is 2.09. The number of nitrogens with zero attached hydrogens (tertiary/aromatic N) is 6. The molecular formula is C29H23FN6O4. The van der Waals surface area contributed by atoms with Crippen LogP contribution in [0.15, 0.2) is 59.4 Å². The van der Waals surface area contributed by atoms with Crippen LogP contribution in [-0.2, 0) is 13.1 Å². The minimum absolute atomic E-state index is 0.0594. The highest BCUT2D eigenvalue weighted by Gasteiger charge is 2.32. The van der Waals surface area contributed by atoms with Crippen molar-refractivity contribution in [2.24, 2.45) is 0 Å². The summed E-state index contributed by atoms with van der Waals surface area (Å²) in [7, 11) is 0. The number of pyridine rings is 2. The zero-order valence-corrected chi connectivity index (χ0v) is 21.2. The van der Waals surface area contributed by atoms with Gasteiger partial charge >= 0.3 is 11.2 Å². The number of hydrogen-bond donors (Lipinski definition) is 1. The molecule has 0 spiro atoms. The van der Waals surface area contributed by atoms with Crippen LogP contribution in [-0.4, -0.2) is 50.7 Å². The van der Waals surface area contributed by atoms with Crippen LogP contribution in [0.2, 0.25) is 0 Å². The largest absolute Gasteiger partial charge is 0.507 e. The Labute approximate surface area is 228 Å². The van der Waals surface area contributed by atoms with Gasteiger partial charge in [0.25, 0.3) is 0 Å². The van der Waals surface area contributed by atoms with Crippen molar-refractivity contribution in [3.8, 4) is 35.3 Å². The van der Waals surface area contributed by atoms with Crippen LogP contribution >= 0.6 is 0 Å². The number of para-hydroxylation sites is 1. The van der Waals surface area contributed by atoms with Gasteiger partial charge in [-0.1, -0.05) is 36.3 Å². The van der Waals surface area contributed by atoms with E-state index >= 15 is 0 Å². The van der Waals surface area contributed by atoms with Crippen LogP contribution in [0.3, 0.4) is 0 Å². The number of phenolic OH excluding ortho intramolecular Hbond substituents is 1. The molecular weight excluding hydrogens is 515 g/mol. The van der Waals surface area contributed by atoms with Gasteiger partial charge in [0, 0.05) is 43.9 Å². The molecule has 11 heteroatoms. The third-order valence-electron chi connectivity index (χ3n) is 6.96. The van der Waals surface area contributed by atoms with Gasteiger partial charge in [0.2, 0.25) is 0 Å². The molecule has 0 aliphatic carbocycles. The Morgan fingerprint density at radius 3 is 2.48 bits per heavy atom. The maximum atomic E-state index is 13.4. The minimum Gasteiger partial charge on any atom is -0.507 e. The lowest BCUT2D eigenvalue weighted by molar-refractivity contribution is -0.385. The number of aromatic nitrogens is 2. The van der Waals surface area contributed by atoms with E-state index in [1.807, 2.05) is 18.2 Å². The van der Waals surface area contributed by atoms with Gasteiger partial charge in [-0.25, -0.2) is 9.37 Å². The predicted octanol–water partition coefficient (Wildman–Crippen LogP) is 3.64. The second-order valence-corrected chi connectivity index (χ2v) is 9.31. The van der Waals surface area contributed by atoms with E-state index in [9.17, 15) is 29.7 Å². The number of benzene rings is 2. The van der Waals surface area contributed by atoms with Gasteiger partial charge in [-0.3, -0.25) is 24.4 Å². The van der Waals surface area contributed by atoms with Crippen molar-refractivity contribution >= 4 is 22.4 Å². The molecule has 1 fully saturated rings. The van der Waals surface area contributed by atoms with Gasteiger partial charge < -0.3 is 10.0 Å². The average Bonchev–Trinajstić information content (AvgIpc) is 2.96. The quantitative estimate of drug-likeness (QED) is 0.224. The first-order valence-electron chi connectivity index (χ1n) is 12.4. The number of rotatable bonds is 6. The summed E-state index contributed by atoms with van der Waals surface area (Å²) < 4.78 is 14.5. The third kappa shape index (κ3) is 4.82. The van der Waals surface area contributed by atoms with Crippen LogP contribution in [0, 0.1) is 39.6 Å². The molecule has 0 saturated carbocycles. The lowest BCUT2D eigenvalue weighted by atomic mass is 10.0. The number of terminal acetylenes is 1. The SMILES string of the molecule is C#CCn1c(=O)c([N+](=O)[O-])c(N2CCN(Cc3cccc(-c4ccc(F)cc4)c3O)CC2)c2nc(C#N)ccc21. The molecule has 1 saturated heterocycles. The number of nitro groups is 1. The lowest BCUT2D eigenvalue weighted by Crippen LogP contribution is -2.46. The Morgan fingerprint density at radius 1 is 1.10 bits per heavy atom. The van der Waals surface area contributed by atoms with E-state index in [1.54, 1.807) is 23.1 Å². The summed E-state index contributed by atoms with van der Waals surface area (Å²) in [5.41, 5.74) is 1.10.